The summed E-state index contributed by atoms with van der Waals surface area (Å²) in [5, 5.41) is 9.08. The molecule has 0 fully saturated rings. The van der Waals surface area contributed by atoms with Crippen molar-refractivity contribution in [3.05, 3.63) is 30.2 Å². The van der Waals surface area contributed by atoms with Crippen LogP contribution in [0.15, 0.2) is 29.0 Å². The van der Waals surface area contributed by atoms with E-state index in [1.165, 1.54) is 12.0 Å². The van der Waals surface area contributed by atoms with E-state index >= 15 is 0 Å². The third kappa shape index (κ3) is 2.71. The average Bonchev–Trinajstić information content (AvgIpc) is 2.76. The van der Waals surface area contributed by atoms with Gasteiger partial charge in [-0.2, -0.15) is 0 Å². The molecule has 18 heavy (non-hydrogen) atoms. The van der Waals surface area contributed by atoms with Crippen LogP contribution in [0.25, 0.3) is 11.1 Å². The molecule has 98 valence electrons. The summed E-state index contributed by atoms with van der Waals surface area (Å²) in [6.45, 7) is 5.30. The summed E-state index contributed by atoms with van der Waals surface area (Å²) in [7, 11) is 2.07. The van der Waals surface area contributed by atoms with Gasteiger partial charge in [0.15, 0.2) is 12.0 Å². The minimum Gasteiger partial charge on any atom is -0.443 e. The minimum atomic E-state index is -0.0227. The molecule has 0 amide bonds. The monoisotopic (exact) mass is 248 g/mol. The first-order valence-corrected chi connectivity index (χ1v) is 6.17. The Bertz CT molecular complexity index is 519. The quantitative estimate of drug-likeness (QED) is 0.883. The van der Waals surface area contributed by atoms with Crippen molar-refractivity contribution in [1.82, 2.24) is 9.88 Å². The van der Waals surface area contributed by atoms with Gasteiger partial charge in [-0.05, 0) is 45.0 Å². The molecule has 4 nitrogen and oxygen atoms in total. The van der Waals surface area contributed by atoms with Gasteiger partial charge in [-0.3, -0.25) is 4.90 Å². The maximum atomic E-state index is 9.08. The Labute approximate surface area is 107 Å². The number of nitrogens with zero attached hydrogens (tertiary/aromatic N) is 2. The highest BCUT2D eigenvalue weighted by molar-refractivity contribution is 5.72. The number of rotatable bonds is 5. The molecule has 2 aromatic rings. The third-order valence-electron chi connectivity index (χ3n) is 3.57. The van der Waals surface area contributed by atoms with E-state index in [2.05, 4.69) is 36.8 Å². The number of oxazole rings is 1. The fraction of sp³-hybridized carbons (Fsp3) is 0.500. The van der Waals surface area contributed by atoms with Crippen molar-refractivity contribution in [3.8, 4) is 0 Å². The maximum Gasteiger partial charge on any atom is 0.181 e. The van der Waals surface area contributed by atoms with Crippen molar-refractivity contribution in [1.29, 1.82) is 0 Å². The lowest BCUT2D eigenvalue weighted by Crippen LogP contribution is -2.41. The van der Waals surface area contributed by atoms with Crippen LogP contribution in [0.4, 0.5) is 0 Å². The molecular weight excluding hydrogens is 228 g/mol. The molecule has 1 aromatic carbocycles. The van der Waals surface area contributed by atoms with Crippen LogP contribution >= 0.6 is 0 Å². The van der Waals surface area contributed by atoms with Crippen LogP contribution in [0.3, 0.4) is 0 Å². The predicted molar refractivity (Wildman–Crippen MR) is 71.3 cm³/mol. The number of benzene rings is 1. The van der Waals surface area contributed by atoms with Crippen LogP contribution in [0.2, 0.25) is 0 Å². The van der Waals surface area contributed by atoms with Crippen molar-refractivity contribution in [2.75, 3.05) is 13.7 Å². The van der Waals surface area contributed by atoms with Gasteiger partial charge in [-0.1, -0.05) is 6.07 Å². The summed E-state index contributed by atoms with van der Waals surface area (Å²) >= 11 is 0. The Morgan fingerprint density at radius 1 is 1.39 bits per heavy atom. The van der Waals surface area contributed by atoms with E-state index in [1.807, 2.05) is 12.1 Å². The van der Waals surface area contributed by atoms with Gasteiger partial charge in [0.05, 0.1) is 0 Å². The Hall–Kier alpha value is -1.39. The third-order valence-corrected chi connectivity index (χ3v) is 3.57. The molecule has 0 aliphatic heterocycles. The largest absolute Gasteiger partial charge is 0.443 e. The Balaban J connectivity index is 2.12. The molecule has 0 spiro atoms. The molecule has 1 heterocycles. The number of aromatic nitrogens is 1. The number of fused-ring (bicyclic) bond motifs is 1. The zero-order chi connectivity index (χ0) is 13.2. The average molecular weight is 248 g/mol. The van der Waals surface area contributed by atoms with Crippen LogP contribution in [0.1, 0.15) is 25.8 Å². The highest BCUT2D eigenvalue weighted by atomic mass is 16.3. The summed E-state index contributed by atoms with van der Waals surface area (Å²) in [5.41, 5.74) is 2.87. The summed E-state index contributed by atoms with van der Waals surface area (Å²) in [5.74, 6) is 0. The molecule has 0 unspecified atom stereocenters. The summed E-state index contributed by atoms with van der Waals surface area (Å²) in [4.78, 5) is 6.34. The first-order valence-electron chi connectivity index (χ1n) is 6.17. The standard InChI is InChI=1S/C14H20N2O2/c1-14(2,6-7-17)16(3)9-11-4-5-12-13(8-11)18-10-15-12/h4-5,8,10,17H,6-7,9H2,1-3H3. The second-order valence-electron chi connectivity index (χ2n) is 5.30. The molecule has 2 rings (SSSR count). The molecule has 4 heteroatoms. The molecule has 1 N–H and O–H groups in total. The Morgan fingerprint density at radius 2 is 2.17 bits per heavy atom. The van der Waals surface area contributed by atoms with Crippen LogP contribution in [-0.2, 0) is 6.54 Å². The Morgan fingerprint density at radius 3 is 2.89 bits per heavy atom. The number of aliphatic hydroxyl groups excluding tert-OH is 1. The first-order chi connectivity index (χ1) is 8.53. The highest BCUT2D eigenvalue weighted by Crippen LogP contribution is 2.21. The van der Waals surface area contributed by atoms with E-state index in [4.69, 9.17) is 9.52 Å². The zero-order valence-electron chi connectivity index (χ0n) is 11.2. The van der Waals surface area contributed by atoms with Gasteiger partial charge in [0.1, 0.15) is 5.52 Å². The van der Waals surface area contributed by atoms with Gasteiger partial charge in [0, 0.05) is 18.7 Å². The first kappa shape index (κ1) is 13.1. The van der Waals surface area contributed by atoms with Gasteiger partial charge in [0.2, 0.25) is 0 Å². The van der Waals surface area contributed by atoms with Crippen molar-refractivity contribution in [3.63, 3.8) is 0 Å². The topological polar surface area (TPSA) is 49.5 Å². The normalized spacial score (nSPS) is 12.5. The summed E-state index contributed by atoms with van der Waals surface area (Å²) in [6, 6.07) is 6.06. The van der Waals surface area contributed by atoms with Crippen molar-refractivity contribution >= 4 is 11.1 Å². The number of aliphatic hydroxyl groups is 1. The van der Waals surface area contributed by atoms with E-state index < -0.39 is 0 Å². The van der Waals surface area contributed by atoms with Gasteiger partial charge in [-0.25, -0.2) is 4.98 Å². The van der Waals surface area contributed by atoms with Gasteiger partial charge < -0.3 is 9.52 Å². The van der Waals surface area contributed by atoms with Gasteiger partial charge in [-0.15, -0.1) is 0 Å². The Kier molecular flexibility index (Phi) is 3.68. The van der Waals surface area contributed by atoms with Crippen molar-refractivity contribution in [2.24, 2.45) is 0 Å². The van der Waals surface area contributed by atoms with Crippen molar-refractivity contribution in [2.45, 2.75) is 32.4 Å². The predicted octanol–water partition coefficient (Wildman–Crippen LogP) is 2.42. The molecule has 1 aromatic heterocycles. The lowest BCUT2D eigenvalue weighted by molar-refractivity contribution is 0.110. The van der Waals surface area contributed by atoms with E-state index in [0.29, 0.717) is 0 Å². The molecule has 0 saturated heterocycles. The van der Waals surface area contributed by atoms with E-state index in [-0.39, 0.29) is 12.1 Å². The molecule has 0 atom stereocenters. The zero-order valence-corrected chi connectivity index (χ0v) is 11.2. The summed E-state index contributed by atoms with van der Waals surface area (Å²) < 4.78 is 5.30. The van der Waals surface area contributed by atoms with Crippen molar-refractivity contribution < 1.29 is 9.52 Å². The second-order valence-corrected chi connectivity index (χ2v) is 5.30. The van der Waals surface area contributed by atoms with E-state index in [1.54, 1.807) is 0 Å². The van der Waals surface area contributed by atoms with E-state index in [0.717, 1.165) is 24.1 Å². The van der Waals surface area contributed by atoms with Crippen LogP contribution in [0, 0.1) is 0 Å². The van der Waals surface area contributed by atoms with Crippen LogP contribution in [0.5, 0.6) is 0 Å². The maximum absolute atomic E-state index is 9.08. The molecule has 0 aliphatic rings. The smallest absolute Gasteiger partial charge is 0.181 e. The highest BCUT2D eigenvalue weighted by Gasteiger charge is 2.22. The van der Waals surface area contributed by atoms with Crippen LogP contribution in [-0.4, -0.2) is 34.2 Å². The van der Waals surface area contributed by atoms with Gasteiger partial charge in [0.25, 0.3) is 0 Å². The van der Waals surface area contributed by atoms with Crippen LogP contribution < -0.4 is 0 Å². The molecule has 0 saturated carbocycles. The number of hydrogen-bond donors (Lipinski definition) is 1. The lowest BCUT2D eigenvalue weighted by atomic mass is 9.98. The SMILES string of the molecule is CN(Cc1ccc2ncoc2c1)C(C)(C)CCO. The summed E-state index contributed by atoms with van der Waals surface area (Å²) in [6.07, 6.45) is 2.22. The fourth-order valence-corrected chi connectivity index (χ4v) is 1.95. The second kappa shape index (κ2) is 5.08. The molecular formula is C14H20N2O2. The molecule has 0 radical (unpaired) electrons. The number of hydrogen-bond acceptors (Lipinski definition) is 4. The van der Waals surface area contributed by atoms with E-state index in [9.17, 15) is 0 Å². The van der Waals surface area contributed by atoms with Gasteiger partial charge >= 0.3 is 0 Å². The molecule has 0 bridgehead atoms. The minimum absolute atomic E-state index is 0.0227. The fourth-order valence-electron chi connectivity index (χ4n) is 1.95. The lowest BCUT2D eigenvalue weighted by Gasteiger charge is -2.35. The molecule has 0 aliphatic carbocycles.